The minimum absolute atomic E-state index is 0.0774. The highest BCUT2D eigenvalue weighted by Gasteiger charge is 2.31. The summed E-state index contributed by atoms with van der Waals surface area (Å²) in [4.78, 5) is 26.2. The molecule has 1 heterocycles. The van der Waals surface area contributed by atoms with Gasteiger partial charge in [-0.2, -0.15) is 0 Å². The summed E-state index contributed by atoms with van der Waals surface area (Å²) in [6.45, 7) is 2.78. The smallest absolute Gasteiger partial charge is 0.317 e. The molecule has 2 fully saturated rings. The van der Waals surface area contributed by atoms with Gasteiger partial charge < -0.3 is 15.5 Å². The van der Waals surface area contributed by atoms with Crippen molar-refractivity contribution in [2.75, 3.05) is 18.4 Å². The molecular formula is C17H22FN3O2. The molecule has 0 spiro atoms. The van der Waals surface area contributed by atoms with E-state index in [1.54, 1.807) is 24.0 Å². The third-order valence-electron chi connectivity index (χ3n) is 4.42. The molecule has 23 heavy (non-hydrogen) atoms. The number of urea groups is 1. The van der Waals surface area contributed by atoms with Crippen molar-refractivity contribution in [3.05, 3.63) is 29.6 Å². The predicted octanol–water partition coefficient (Wildman–Crippen LogP) is 2.66. The number of anilines is 1. The average Bonchev–Trinajstić information content (AvgIpc) is 3.35. The molecule has 5 nitrogen and oxygen atoms in total. The molecule has 1 saturated heterocycles. The van der Waals surface area contributed by atoms with Gasteiger partial charge in [-0.05, 0) is 50.3 Å². The molecule has 6 heteroatoms. The van der Waals surface area contributed by atoms with Crippen LogP contribution >= 0.6 is 0 Å². The van der Waals surface area contributed by atoms with Gasteiger partial charge in [-0.15, -0.1) is 0 Å². The van der Waals surface area contributed by atoms with E-state index in [-0.39, 0.29) is 23.7 Å². The van der Waals surface area contributed by atoms with Crippen molar-refractivity contribution < 1.29 is 14.0 Å². The van der Waals surface area contributed by atoms with E-state index < -0.39 is 0 Å². The number of amides is 3. The predicted molar refractivity (Wildman–Crippen MR) is 85.6 cm³/mol. The Hall–Kier alpha value is -2.11. The second kappa shape index (κ2) is 6.56. The van der Waals surface area contributed by atoms with Crippen molar-refractivity contribution in [2.45, 2.75) is 38.6 Å². The molecule has 1 aliphatic carbocycles. The largest absolute Gasteiger partial charge is 0.335 e. The highest BCUT2D eigenvalue weighted by atomic mass is 19.1. The number of nitrogens with one attached hydrogen (secondary N) is 2. The van der Waals surface area contributed by atoms with Crippen molar-refractivity contribution in [1.82, 2.24) is 10.2 Å². The van der Waals surface area contributed by atoms with Gasteiger partial charge in [0.15, 0.2) is 0 Å². The van der Waals surface area contributed by atoms with Gasteiger partial charge in [0.25, 0.3) is 0 Å². The second-order valence-electron chi connectivity index (χ2n) is 6.46. The van der Waals surface area contributed by atoms with Crippen molar-refractivity contribution in [3.63, 3.8) is 0 Å². The average molecular weight is 319 g/mol. The zero-order valence-electron chi connectivity index (χ0n) is 13.3. The molecule has 3 rings (SSSR count). The van der Waals surface area contributed by atoms with Crippen LogP contribution in [0.1, 0.15) is 31.2 Å². The maximum Gasteiger partial charge on any atom is 0.317 e. The van der Waals surface area contributed by atoms with Crippen molar-refractivity contribution in [1.29, 1.82) is 0 Å². The Morgan fingerprint density at radius 2 is 2.04 bits per heavy atom. The number of carbonyl (C=O) groups excluding carboxylic acids is 2. The number of benzene rings is 1. The number of rotatable bonds is 3. The molecule has 1 aromatic rings. The molecule has 0 bridgehead atoms. The van der Waals surface area contributed by atoms with Crippen molar-refractivity contribution >= 4 is 17.6 Å². The number of halogens is 1. The van der Waals surface area contributed by atoms with Crippen LogP contribution in [0.2, 0.25) is 0 Å². The number of hydrogen-bond acceptors (Lipinski definition) is 2. The molecule has 1 aromatic carbocycles. The van der Waals surface area contributed by atoms with Gasteiger partial charge in [-0.1, -0.05) is 6.07 Å². The topological polar surface area (TPSA) is 61.4 Å². The summed E-state index contributed by atoms with van der Waals surface area (Å²) >= 11 is 0. The van der Waals surface area contributed by atoms with E-state index in [4.69, 9.17) is 0 Å². The third kappa shape index (κ3) is 4.00. The molecule has 2 aliphatic rings. The fourth-order valence-corrected chi connectivity index (χ4v) is 2.78. The third-order valence-corrected chi connectivity index (χ3v) is 4.42. The minimum Gasteiger partial charge on any atom is -0.335 e. The highest BCUT2D eigenvalue weighted by Crippen LogP contribution is 2.22. The Labute approximate surface area is 135 Å². The van der Waals surface area contributed by atoms with Gasteiger partial charge >= 0.3 is 6.03 Å². The molecule has 3 amide bonds. The fourth-order valence-electron chi connectivity index (χ4n) is 2.78. The first-order valence-electron chi connectivity index (χ1n) is 8.15. The van der Waals surface area contributed by atoms with E-state index in [2.05, 4.69) is 10.6 Å². The molecule has 2 N–H and O–H groups in total. The van der Waals surface area contributed by atoms with Crippen molar-refractivity contribution in [3.8, 4) is 0 Å². The summed E-state index contributed by atoms with van der Waals surface area (Å²) in [5, 5.41) is 5.71. The van der Waals surface area contributed by atoms with Gasteiger partial charge in [0.1, 0.15) is 5.82 Å². The summed E-state index contributed by atoms with van der Waals surface area (Å²) in [6, 6.07) is 4.89. The first-order chi connectivity index (χ1) is 11.0. The zero-order valence-corrected chi connectivity index (χ0v) is 13.3. The summed E-state index contributed by atoms with van der Waals surface area (Å²) in [6.07, 6.45) is 3.64. The van der Waals surface area contributed by atoms with E-state index >= 15 is 0 Å². The van der Waals surface area contributed by atoms with Gasteiger partial charge in [0, 0.05) is 24.8 Å². The molecule has 1 atom stereocenters. The molecular weight excluding hydrogens is 297 g/mol. The fraction of sp³-hybridized carbons (Fsp3) is 0.529. The van der Waals surface area contributed by atoms with Crippen LogP contribution in [0.4, 0.5) is 14.9 Å². The Kier molecular flexibility index (Phi) is 4.50. The normalized spacial score (nSPS) is 21.0. The minimum atomic E-state index is -0.336. The number of likely N-dealkylation sites (tertiary alicyclic amines) is 1. The Morgan fingerprint density at radius 3 is 2.74 bits per heavy atom. The molecule has 124 valence electrons. The quantitative estimate of drug-likeness (QED) is 0.900. The molecule has 0 aromatic heterocycles. The van der Waals surface area contributed by atoms with E-state index in [0.717, 1.165) is 25.7 Å². The summed E-state index contributed by atoms with van der Waals surface area (Å²) in [5.74, 6) is -0.743. The number of nitrogens with zero attached hydrogens (tertiary/aromatic N) is 1. The molecule has 1 saturated carbocycles. The monoisotopic (exact) mass is 319 g/mol. The summed E-state index contributed by atoms with van der Waals surface area (Å²) in [7, 11) is 0. The van der Waals surface area contributed by atoms with Crippen molar-refractivity contribution in [2.24, 2.45) is 5.92 Å². The Bertz CT molecular complexity index is 616. The van der Waals surface area contributed by atoms with Gasteiger partial charge in [-0.25, -0.2) is 9.18 Å². The SMILES string of the molecule is Cc1ccc(NC(=O)C2CCCN(C(=O)NC3CC3)C2)cc1F. The second-order valence-corrected chi connectivity index (χ2v) is 6.46. The van der Waals surface area contributed by atoms with Gasteiger partial charge in [-0.3, -0.25) is 4.79 Å². The van der Waals surface area contributed by atoms with Crippen LogP contribution in [0, 0.1) is 18.7 Å². The van der Waals surface area contributed by atoms with Crippen LogP contribution in [0.15, 0.2) is 18.2 Å². The lowest BCUT2D eigenvalue weighted by Crippen LogP contribution is -2.48. The first kappa shape index (κ1) is 15.8. The highest BCUT2D eigenvalue weighted by molar-refractivity contribution is 5.93. The first-order valence-corrected chi connectivity index (χ1v) is 8.15. The van der Waals surface area contributed by atoms with Crippen LogP contribution in [0.3, 0.4) is 0 Å². The van der Waals surface area contributed by atoms with Gasteiger partial charge in [0.2, 0.25) is 5.91 Å². The van der Waals surface area contributed by atoms with Crippen LogP contribution < -0.4 is 10.6 Å². The van der Waals surface area contributed by atoms with Crippen LogP contribution in [0.25, 0.3) is 0 Å². The Balaban J connectivity index is 1.57. The van der Waals surface area contributed by atoms with Gasteiger partial charge in [0.05, 0.1) is 5.92 Å². The van der Waals surface area contributed by atoms with E-state index in [1.165, 1.54) is 6.07 Å². The standard InChI is InChI=1S/C17H22FN3O2/c1-11-4-5-14(9-15(11)18)19-16(22)12-3-2-8-21(10-12)17(23)20-13-6-7-13/h4-5,9,12-13H,2-3,6-8,10H2,1H3,(H,19,22)(H,20,23). The zero-order chi connectivity index (χ0) is 16.4. The molecule has 0 radical (unpaired) electrons. The van der Waals surface area contributed by atoms with Crippen LogP contribution in [0.5, 0.6) is 0 Å². The van der Waals surface area contributed by atoms with E-state index in [1.807, 2.05) is 0 Å². The summed E-state index contributed by atoms with van der Waals surface area (Å²) < 4.78 is 13.6. The lowest BCUT2D eigenvalue weighted by atomic mass is 9.97. The summed E-state index contributed by atoms with van der Waals surface area (Å²) in [5.41, 5.74) is 1.00. The molecule has 1 unspecified atom stereocenters. The van der Waals surface area contributed by atoms with E-state index in [9.17, 15) is 14.0 Å². The lowest BCUT2D eigenvalue weighted by Gasteiger charge is -2.32. The Morgan fingerprint density at radius 1 is 1.26 bits per heavy atom. The molecule has 1 aliphatic heterocycles. The van der Waals surface area contributed by atoms with Crippen LogP contribution in [-0.2, 0) is 4.79 Å². The van der Waals surface area contributed by atoms with E-state index in [0.29, 0.717) is 30.4 Å². The number of hydrogen-bond donors (Lipinski definition) is 2. The maximum atomic E-state index is 13.6. The number of piperidine rings is 1. The lowest BCUT2D eigenvalue weighted by molar-refractivity contribution is -0.121. The number of carbonyl (C=O) groups is 2. The van der Waals surface area contributed by atoms with Crippen LogP contribution in [-0.4, -0.2) is 36.0 Å². The number of aryl methyl sites for hydroxylation is 1. The maximum absolute atomic E-state index is 13.6.